The van der Waals surface area contributed by atoms with Crippen molar-refractivity contribution >= 4 is 65.3 Å². The number of hydrogen-bond donors (Lipinski definition) is 2. The Balaban J connectivity index is 1.45. The molecular weight excluding hydrogens is 448 g/mol. The molecule has 2 N–H and O–H groups in total. The van der Waals surface area contributed by atoms with E-state index in [9.17, 15) is 0 Å². The molecule has 8 nitrogen and oxygen atoms in total. The summed E-state index contributed by atoms with van der Waals surface area (Å²) in [6, 6.07) is 13.0. The molecule has 0 aliphatic heterocycles. The number of aromatic nitrogens is 8. The highest BCUT2D eigenvalue weighted by Gasteiger charge is 2.16. The summed E-state index contributed by atoms with van der Waals surface area (Å²) in [5, 5.41) is 14.7. The number of imidazole rings is 2. The maximum Gasteiger partial charge on any atom is 0.126 e. The van der Waals surface area contributed by atoms with Gasteiger partial charge >= 0.3 is 0 Å². The standard InChI is InChI=1S/C28H18N8/c1-13-33-25-17-5-3-15(7-19(17)21-10-31-32-11-23(21)27(25)35-13)16-4-6-18-20(8-16)22-9-29-12-30-24(22)28-26(18)34-14(2)36-28/h3-12,31H,1-2H3,(H,34,36). The number of nitrogens with one attached hydrogen (secondary N) is 2. The van der Waals surface area contributed by atoms with Crippen LogP contribution in [0.2, 0.25) is 0 Å². The van der Waals surface area contributed by atoms with E-state index in [1.54, 1.807) is 6.33 Å². The van der Waals surface area contributed by atoms with Crippen LogP contribution in [0.4, 0.5) is 0 Å². The van der Waals surface area contributed by atoms with Gasteiger partial charge in [0.25, 0.3) is 0 Å². The Labute approximate surface area is 203 Å². The zero-order valence-electron chi connectivity index (χ0n) is 19.5. The van der Waals surface area contributed by atoms with E-state index >= 15 is 0 Å². The summed E-state index contributed by atoms with van der Waals surface area (Å²) in [6.07, 6.45) is 7.24. The number of aromatic amines is 2. The van der Waals surface area contributed by atoms with Gasteiger partial charge in [0.15, 0.2) is 0 Å². The van der Waals surface area contributed by atoms with Crippen molar-refractivity contribution in [3.8, 4) is 11.1 Å². The van der Waals surface area contributed by atoms with Gasteiger partial charge in [-0.1, -0.05) is 24.3 Å². The molecule has 0 atom stereocenters. The van der Waals surface area contributed by atoms with Crippen molar-refractivity contribution < 1.29 is 0 Å². The second-order valence-electron chi connectivity index (χ2n) is 9.18. The first-order chi connectivity index (χ1) is 17.7. The lowest BCUT2D eigenvalue weighted by atomic mass is 9.95. The molecule has 0 unspecified atom stereocenters. The zero-order valence-corrected chi connectivity index (χ0v) is 19.5. The molecule has 0 saturated carbocycles. The van der Waals surface area contributed by atoms with Crippen LogP contribution in [0.1, 0.15) is 11.6 Å². The fraction of sp³-hybridized carbons (Fsp3) is 0.0714. The van der Waals surface area contributed by atoms with Crippen LogP contribution in [0.5, 0.6) is 0 Å². The van der Waals surface area contributed by atoms with Gasteiger partial charge in [-0.25, -0.2) is 24.9 Å². The molecule has 36 heavy (non-hydrogen) atoms. The highest BCUT2D eigenvalue weighted by molar-refractivity contribution is 6.24. The van der Waals surface area contributed by atoms with E-state index in [0.29, 0.717) is 0 Å². The first-order valence-corrected chi connectivity index (χ1v) is 11.7. The minimum absolute atomic E-state index is 0.763. The lowest BCUT2D eigenvalue weighted by Gasteiger charge is -2.10. The number of H-pyrrole nitrogens is 2. The molecule has 0 fully saturated rings. The Hall–Kier alpha value is -4.98. The van der Waals surface area contributed by atoms with Crippen LogP contribution < -0.4 is 0 Å². The van der Waals surface area contributed by atoms with Crippen molar-refractivity contribution in [3.63, 3.8) is 0 Å². The molecule has 4 aromatic heterocycles. The van der Waals surface area contributed by atoms with E-state index in [1.807, 2.05) is 32.4 Å². The van der Waals surface area contributed by atoms with Gasteiger partial charge in [0.2, 0.25) is 0 Å². The van der Waals surface area contributed by atoms with Gasteiger partial charge in [0, 0.05) is 39.3 Å². The van der Waals surface area contributed by atoms with Crippen molar-refractivity contribution in [1.82, 2.24) is 40.1 Å². The van der Waals surface area contributed by atoms with Gasteiger partial charge in [0.1, 0.15) is 23.5 Å². The Bertz CT molecular complexity index is 2030. The van der Waals surface area contributed by atoms with Crippen molar-refractivity contribution in [2.45, 2.75) is 13.8 Å². The van der Waals surface area contributed by atoms with Gasteiger partial charge in [-0.15, -0.1) is 0 Å². The summed E-state index contributed by atoms with van der Waals surface area (Å²) in [6.45, 7) is 3.89. The lowest BCUT2D eigenvalue weighted by Crippen LogP contribution is -1.89. The van der Waals surface area contributed by atoms with Crippen LogP contribution in [0.15, 0.2) is 61.3 Å². The fourth-order valence-electron chi connectivity index (χ4n) is 5.48. The SMILES string of the molecule is Cc1nc2c3ccc(-c4ccc5c(c4)c4cncnc4c4[nH]c(C)nc54)cc3c3c[nH]ncc3c2n1. The van der Waals surface area contributed by atoms with E-state index < -0.39 is 0 Å². The molecule has 8 heteroatoms. The molecule has 170 valence electrons. The predicted octanol–water partition coefficient (Wildman–Crippen LogP) is 5.92. The molecule has 8 aromatic rings. The molecule has 0 saturated heterocycles. The Kier molecular flexibility index (Phi) is 3.65. The van der Waals surface area contributed by atoms with E-state index in [2.05, 4.69) is 66.5 Å². The molecule has 8 rings (SSSR count). The maximum atomic E-state index is 4.76. The van der Waals surface area contributed by atoms with Crippen molar-refractivity contribution in [2.75, 3.05) is 0 Å². The Morgan fingerprint density at radius 3 is 2.14 bits per heavy atom. The quantitative estimate of drug-likeness (QED) is 0.291. The van der Waals surface area contributed by atoms with E-state index in [1.165, 1.54) is 0 Å². The topological polar surface area (TPSA) is 109 Å². The number of rotatable bonds is 1. The molecule has 0 spiro atoms. The van der Waals surface area contributed by atoms with Crippen LogP contribution in [-0.4, -0.2) is 40.1 Å². The van der Waals surface area contributed by atoms with Gasteiger partial charge in [-0.3, -0.25) is 5.10 Å². The highest BCUT2D eigenvalue weighted by Crippen LogP contribution is 2.38. The molecule has 4 heterocycles. The fourth-order valence-corrected chi connectivity index (χ4v) is 5.48. The molecular formula is C28H18N8. The minimum atomic E-state index is 0.763. The zero-order chi connectivity index (χ0) is 24.0. The predicted molar refractivity (Wildman–Crippen MR) is 142 cm³/mol. The molecule has 0 aliphatic rings. The Morgan fingerprint density at radius 2 is 1.33 bits per heavy atom. The number of nitrogens with zero attached hydrogens (tertiary/aromatic N) is 6. The first-order valence-electron chi connectivity index (χ1n) is 11.7. The molecule has 4 aromatic carbocycles. The second kappa shape index (κ2) is 6.79. The van der Waals surface area contributed by atoms with Gasteiger partial charge in [0.05, 0.1) is 28.3 Å². The summed E-state index contributed by atoms with van der Waals surface area (Å²) >= 11 is 0. The first kappa shape index (κ1) is 19.3. The number of benzene rings is 4. The van der Waals surface area contributed by atoms with Crippen LogP contribution in [0, 0.1) is 13.8 Å². The summed E-state index contributed by atoms with van der Waals surface area (Å²) in [5.74, 6) is 1.63. The van der Waals surface area contributed by atoms with Crippen molar-refractivity contribution in [3.05, 3.63) is 73.0 Å². The van der Waals surface area contributed by atoms with Crippen molar-refractivity contribution in [1.29, 1.82) is 0 Å². The summed E-state index contributed by atoms with van der Waals surface area (Å²) in [7, 11) is 0. The summed E-state index contributed by atoms with van der Waals surface area (Å²) in [5.41, 5.74) is 6.78. The second-order valence-corrected chi connectivity index (χ2v) is 9.18. The summed E-state index contributed by atoms with van der Waals surface area (Å²) in [4.78, 5) is 26.4. The van der Waals surface area contributed by atoms with Gasteiger partial charge < -0.3 is 4.98 Å². The van der Waals surface area contributed by atoms with Gasteiger partial charge in [-0.2, -0.15) is 5.10 Å². The van der Waals surface area contributed by atoms with Gasteiger partial charge in [-0.05, 0) is 47.9 Å². The van der Waals surface area contributed by atoms with E-state index in [-0.39, 0.29) is 0 Å². The largest absolute Gasteiger partial charge is 0.340 e. The van der Waals surface area contributed by atoms with E-state index in [0.717, 1.165) is 88.1 Å². The lowest BCUT2D eigenvalue weighted by molar-refractivity contribution is 1.05. The third-order valence-electron chi connectivity index (χ3n) is 7.03. The van der Waals surface area contributed by atoms with E-state index in [4.69, 9.17) is 9.97 Å². The van der Waals surface area contributed by atoms with Crippen LogP contribution in [-0.2, 0) is 0 Å². The monoisotopic (exact) mass is 466 g/mol. The van der Waals surface area contributed by atoms with Crippen molar-refractivity contribution in [2.24, 2.45) is 0 Å². The van der Waals surface area contributed by atoms with Crippen LogP contribution >= 0.6 is 0 Å². The molecule has 0 amide bonds. The third kappa shape index (κ3) is 2.52. The Morgan fingerprint density at radius 1 is 0.639 bits per heavy atom. The normalized spacial score (nSPS) is 12.2. The molecule has 0 aliphatic carbocycles. The minimum Gasteiger partial charge on any atom is -0.340 e. The highest BCUT2D eigenvalue weighted by atomic mass is 15.1. The number of hydrogen-bond acceptors (Lipinski definition) is 6. The third-order valence-corrected chi connectivity index (χ3v) is 7.03. The number of aryl methyl sites for hydroxylation is 2. The maximum absolute atomic E-state index is 4.76. The average Bonchev–Trinajstić information content (AvgIpc) is 3.51. The van der Waals surface area contributed by atoms with Crippen LogP contribution in [0.25, 0.3) is 76.4 Å². The average molecular weight is 467 g/mol. The molecule has 0 bridgehead atoms. The van der Waals surface area contributed by atoms with Crippen LogP contribution in [0.3, 0.4) is 0 Å². The number of fused-ring (bicyclic) bond motifs is 12. The summed E-state index contributed by atoms with van der Waals surface area (Å²) < 4.78 is 0. The smallest absolute Gasteiger partial charge is 0.126 e. The molecule has 0 radical (unpaired) electrons.